The molecule has 106 valence electrons. The lowest BCUT2D eigenvalue weighted by Crippen LogP contribution is -2.19. The van der Waals surface area contributed by atoms with Gasteiger partial charge in [-0.15, -0.1) is 0 Å². The summed E-state index contributed by atoms with van der Waals surface area (Å²) in [5.74, 6) is 0. The maximum absolute atomic E-state index is 6.00. The van der Waals surface area contributed by atoms with Gasteiger partial charge in [0.25, 0.3) is 0 Å². The van der Waals surface area contributed by atoms with E-state index in [1.54, 1.807) is 0 Å². The summed E-state index contributed by atoms with van der Waals surface area (Å²) < 4.78 is 1.02. The van der Waals surface area contributed by atoms with Crippen molar-refractivity contribution in [1.82, 2.24) is 10.3 Å². The molecular weight excluding hydrogens is 336 g/mol. The fourth-order valence-electron chi connectivity index (χ4n) is 2.15. The van der Waals surface area contributed by atoms with Gasteiger partial charge in [0.05, 0.1) is 0 Å². The maximum Gasteiger partial charge on any atom is 0.0422 e. The van der Waals surface area contributed by atoms with Gasteiger partial charge >= 0.3 is 0 Å². The molecule has 1 heterocycles. The molecule has 1 N–H and O–H groups in total. The zero-order chi connectivity index (χ0) is 14.5. The smallest absolute Gasteiger partial charge is 0.0422 e. The lowest BCUT2D eigenvalue weighted by molar-refractivity contribution is 0.582. The summed E-state index contributed by atoms with van der Waals surface area (Å²) in [5.41, 5.74) is 3.55. The van der Waals surface area contributed by atoms with Gasteiger partial charge in [-0.2, -0.15) is 0 Å². The number of benzene rings is 1. The van der Waals surface area contributed by atoms with Crippen molar-refractivity contribution in [3.8, 4) is 0 Å². The summed E-state index contributed by atoms with van der Waals surface area (Å²) in [5, 5.41) is 4.08. The van der Waals surface area contributed by atoms with Gasteiger partial charge in [-0.3, -0.25) is 4.98 Å². The standard InChI is InChI=1S/C16H18BrClN2/c1-3-11-4-6-13(20-10-11)9-16(19-2)14-7-5-12(18)8-15(14)17/h4-8,10,16,19H,3,9H2,1-2H3. The molecule has 2 aromatic rings. The van der Waals surface area contributed by atoms with Crippen molar-refractivity contribution < 1.29 is 0 Å². The van der Waals surface area contributed by atoms with Crippen molar-refractivity contribution in [2.24, 2.45) is 0 Å². The molecule has 0 bridgehead atoms. The molecule has 0 radical (unpaired) electrons. The molecular formula is C16H18BrClN2. The first kappa shape index (κ1) is 15.5. The minimum atomic E-state index is 0.210. The van der Waals surface area contributed by atoms with Gasteiger partial charge in [-0.1, -0.05) is 46.6 Å². The molecule has 2 rings (SSSR count). The number of aryl methyl sites for hydroxylation is 1. The minimum absolute atomic E-state index is 0.210. The van der Waals surface area contributed by atoms with E-state index in [0.29, 0.717) is 0 Å². The summed E-state index contributed by atoms with van der Waals surface area (Å²) >= 11 is 9.58. The monoisotopic (exact) mass is 352 g/mol. The highest BCUT2D eigenvalue weighted by Crippen LogP contribution is 2.28. The number of hydrogen-bond donors (Lipinski definition) is 1. The number of aromatic nitrogens is 1. The topological polar surface area (TPSA) is 24.9 Å². The highest BCUT2D eigenvalue weighted by atomic mass is 79.9. The van der Waals surface area contributed by atoms with Crippen LogP contribution in [-0.4, -0.2) is 12.0 Å². The molecule has 1 unspecified atom stereocenters. The van der Waals surface area contributed by atoms with Gasteiger partial charge < -0.3 is 5.32 Å². The number of rotatable bonds is 5. The second-order valence-corrected chi connectivity index (χ2v) is 6.01. The molecule has 0 fully saturated rings. The SMILES string of the molecule is CCc1ccc(CC(NC)c2ccc(Cl)cc2Br)nc1. The molecule has 0 aliphatic carbocycles. The Labute approximate surface area is 133 Å². The molecule has 1 aromatic heterocycles. The van der Waals surface area contributed by atoms with Crippen molar-refractivity contribution in [3.63, 3.8) is 0 Å². The summed E-state index contributed by atoms with van der Waals surface area (Å²) in [7, 11) is 1.96. The number of likely N-dealkylation sites (N-methyl/N-ethyl adjacent to an activating group) is 1. The minimum Gasteiger partial charge on any atom is -0.313 e. The van der Waals surface area contributed by atoms with Crippen molar-refractivity contribution in [3.05, 3.63) is 62.8 Å². The van der Waals surface area contributed by atoms with Crippen molar-refractivity contribution in [2.45, 2.75) is 25.8 Å². The Morgan fingerprint density at radius 1 is 1.30 bits per heavy atom. The highest BCUT2D eigenvalue weighted by molar-refractivity contribution is 9.10. The van der Waals surface area contributed by atoms with Gasteiger partial charge in [0, 0.05) is 33.8 Å². The fraction of sp³-hybridized carbons (Fsp3) is 0.312. The van der Waals surface area contributed by atoms with Gasteiger partial charge in [0.15, 0.2) is 0 Å². The first-order valence-electron chi connectivity index (χ1n) is 6.70. The van der Waals surface area contributed by atoms with Crippen molar-refractivity contribution in [1.29, 1.82) is 0 Å². The highest BCUT2D eigenvalue weighted by Gasteiger charge is 2.14. The third-order valence-electron chi connectivity index (χ3n) is 3.39. The Hall–Kier alpha value is -0.900. The van der Waals surface area contributed by atoms with E-state index in [0.717, 1.165) is 28.0 Å². The predicted octanol–water partition coefficient (Wildman–Crippen LogP) is 4.56. The fourth-order valence-corrected chi connectivity index (χ4v) is 3.10. The van der Waals surface area contributed by atoms with Crippen LogP contribution >= 0.6 is 27.5 Å². The Morgan fingerprint density at radius 2 is 2.10 bits per heavy atom. The van der Waals surface area contributed by atoms with Gasteiger partial charge in [0.2, 0.25) is 0 Å². The van der Waals surface area contributed by atoms with Gasteiger partial charge in [0.1, 0.15) is 0 Å². The van der Waals surface area contributed by atoms with Crippen LogP contribution in [0.1, 0.15) is 29.8 Å². The average Bonchev–Trinajstić information content (AvgIpc) is 2.46. The average molecular weight is 354 g/mol. The van der Waals surface area contributed by atoms with E-state index in [2.05, 4.69) is 45.3 Å². The van der Waals surface area contributed by atoms with Crippen LogP contribution in [0.4, 0.5) is 0 Å². The largest absolute Gasteiger partial charge is 0.313 e. The predicted molar refractivity (Wildman–Crippen MR) is 88.3 cm³/mol. The zero-order valence-electron chi connectivity index (χ0n) is 11.7. The Morgan fingerprint density at radius 3 is 2.65 bits per heavy atom. The maximum atomic E-state index is 6.00. The Balaban J connectivity index is 2.19. The second kappa shape index (κ2) is 7.21. The quantitative estimate of drug-likeness (QED) is 0.852. The van der Waals surface area contributed by atoms with Gasteiger partial charge in [-0.25, -0.2) is 0 Å². The molecule has 0 spiro atoms. The molecule has 0 aliphatic rings. The Kier molecular flexibility index (Phi) is 5.58. The van der Waals surface area contributed by atoms with Crippen LogP contribution in [0.25, 0.3) is 0 Å². The number of pyridine rings is 1. The third kappa shape index (κ3) is 3.81. The summed E-state index contributed by atoms with van der Waals surface area (Å²) in [6.07, 6.45) is 3.82. The van der Waals surface area contributed by atoms with Crippen LogP contribution < -0.4 is 5.32 Å². The lowest BCUT2D eigenvalue weighted by Gasteiger charge is -2.18. The number of halogens is 2. The molecule has 0 amide bonds. The number of nitrogens with zero attached hydrogens (tertiary/aromatic N) is 1. The van der Waals surface area contributed by atoms with E-state index in [9.17, 15) is 0 Å². The third-order valence-corrected chi connectivity index (χ3v) is 4.32. The molecule has 0 saturated heterocycles. The zero-order valence-corrected chi connectivity index (χ0v) is 14.0. The van der Waals surface area contributed by atoms with E-state index < -0.39 is 0 Å². The molecule has 20 heavy (non-hydrogen) atoms. The number of nitrogens with one attached hydrogen (secondary N) is 1. The van der Waals surface area contributed by atoms with Crippen LogP contribution in [0.15, 0.2) is 41.0 Å². The first-order valence-corrected chi connectivity index (χ1v) is 7.87. The van der Waals surface area contributed by atoms with Crippen LogP contribution in [0.5, 0.6) is 0 Å². The van der Waals surface area contributed by atoms with Crippen molar-refractivity contribution >= 4 is 27.5 Å². The van der Waals surface area contributed by atoms with Crippen LogP contribution in [-0.2, 0) is 12.8 Å². The van der Waals surface area contributed by atoms with E-state index >= 15 is 0 Å². The lowest BCUT2D eigenvalue weighted by atomic mass is 10.0. The second-order valence-electron chi connectivity index (χ2n) is 4.72. The molecule has 1 aromatic carbocycles. The molecule has 2 nitrogen and oxygen atoms in total. The molecule has 4 heteroatoms. The summed E-state index contributed by atoms with van der Waals surface area (Å²) in [4.78, 5) is 4.53. The summed E-state index contributed by atoms with van der Waals surface area (Å²) in [6.45, 7) is 2.14. The number of hydrogen-bond acceptors (Lipinski definition) is 2. The van der Waals surface area contributed by atoms with E-state index in [1.807, 2.05) is 31.4 Å². The van der Waals surface area contributed by atoms with Crippen LogP contribution in [0.3, 0.4) is 0 Å². The van der Waals surface area contributed by atoms with E-state index in [-0.39, 0.29) is 6.04 Å². The molecule has 1 atom stereocenters. The first-order chi connectivity index (χ1) is 9.63. The summed E-state index contributed by atoms with van der Waals surface area (Å²) in [6, 6.07) is 10.4. The van der Waals surface area contributed by atoms with Gasteiger partial charge in [-0.05, 0) is 42.8 Å². The van der Waals surface area contributed by atoms with Crippen LogP contribution in [0, 0.1) is 0 Å². The Bertz CT molecular complexity index is 569. The van der Waals surface area contributed by atoms with Crippen molar-refractivity contribution in [2.75, 3.05) is 7.05 Å². The van der Waals surface area contributed by atoms with Crippen LogP contribution in [0.2, 0.25) is 5.02 Å². The van der Waals surface area contributed by atoms with E-state index in [4.69, 9.17) is 11.6 Å². The van der Waals surface area contributed by atoms with E-state index in [1.165, 1.54) is 11.1 Å². The molecule has 0 saturated carbocycles. The molecule has 0 aliphatic heterocycles. The normalized spacial score (nSPS) is 12.4.